The van der Waals surface area contributed by atoms with Crippen LogP contribution in [0.5, 0.6) is 0 Å². The summed E-state index contributed by atoms with van der Waals surface area (Å²) >= 11 is 0. The van der Waals surface area contributed by atoms with Gasteiger partial charge in [-0.15, -0.1) is 0 Å². The van der Waals surface area contributed by atoms with Crippen molar-refractivity contribution in [2.45, 2.75) is 59.4 Å². The van der Waals surface area contributed by atoms with Crippen LogP contribution in [0.1, 0.15) is 53.4 Å². The van der Waals surface area contributed by atoms with Gasteiger partial charge in [-0.2, -0.15) is 0 Å². The van der Waals surface area contributed by atoms with Crippen molar-refractivity contribution in [2.24, 2.45) is 5.92 Å². The highest BCUT2D eigenvalue weighted by atomic mass is 15.1. The van der Waals surface area contributed by atoms with Gasteiger partial charge in [0.15, 0.2) is 0 Å². The zero-order valence-electron chi connectivity index (χ0n) is 10.1. The average Bonchev–Trinajstić information content (AvgIpc) is 2.12. The van der Waals surface area contributed by atoms with Gasteiger partial charge < -0.3 is 4.90 Å². The highest BCUT2D eigenvalue weighted by molar-refractivity contribution is 4.74. The zero-order chi connectivity index (χ0) is 10.3. The van der Waals surface area contributed by atoms with E-state index in [1.807, 2.05) is 13.8 Å². The number of hydrogen-bond donors (Lipinski definition) is 0. The molecule has 1 aliphatic rings. The molecule has 0 aromatic rings. The largest absolute Gasteiger partial charge is 0.303 e. The Morgan fingerprint density at radius 2 is 1.85 bits per heavy atom. The molecule has 1 heterocycles. The van der Waals surface area contributed by atoms with Crippen LogP contribution in [-0.2, 0) is 0 Å². The van der Waals surface area contributed by atoms with Crippen molar-refractivity contribution >= 4 is 0 Å². The lowest BCUT2D eigenvalue weighted by atomic mass is 9.95. The van der Waals surface area contributed by atoms with Crippen LogP contribution in [0.2, 0.25) is 0 Å². The van der Waals surface area contributed by atoms with Gasteiger partial charge in [0.1, 0.15) is 0 Å². The summed E-state index contributed by atoms with van der Waals surface area (Å²) in [5.41, 5.74) is 0. The molecule has 0 spiro atoms. The van der Waals surface area contributed by atoms with Crippen molar-refractivity contribution in [2.75, 3.05) is 13.6 Å². The van der Waals surface area contributed by atoms with E-state index in [1.54, 1.807) is 0 Å². The standard InChI is InChI=1S/C10H21N.C2H6/c1-9(2)8-10-6-4-5-7-11(10)3;1-2/h9-10H,4-8H2,1-3H3;1-2H3. The first-order valence-corrected chi connectivity index (χ1v) is 5.90. The maximum atomic E-state index is 2.53. The van der Waals surface area contributed by atoms with Crippen LogP contribution in [0.25, 0.3) is 0 Å². The molecule has 1 fully saturated rings. The summed E-state index contributed by atoms with van der Waals surface area (Å²) in [5, 5.41) is 0. The number of hydrogen-bond acceptors (Lipinski definition) is 1. The van der Waals surface area contributed by atoms with Gasteiger partial charge in [0.05, 0.1) is 0 Å². The molecule has 0 saturated carbocycles. The molecule has 1 rings (SSSR count). The topological polar surface area (TPSA) is 3.24 Å². The molecular formula is C12H27N. The first kappa shape index (κ1) is 13.0. The second kappa shape index (κ2) is 7.37. The van der Waals surface area contributed by atoms with Crippen LogP contribution >= 0.6 is 0 Å². The lowest BCUT2D eigenvalue weighted by molar-refractivity contribution is 0.163. The molecule has 0 aliphatic carbocycles. The van der Waals surface area contributed by atoms with E-state index in [0.717, 1.165) is 12.0 Å². The van der Waals surface area contributed by atoms with Gasteiger partial charge in [-0.25, -0.2) is 0 Å². The monoisotopic (exact) mass is 185 g/mol. The molecule has 0 bridgehead atoms. The van der Waals surface area contributed by atoms with E-state index >= 15 is 0 Å². The smallest absolute Gasteiger partial charge is 0.00946 e. The lowest BCUT2D eigenvalue weighted by Gasteiger charge is -2.33. The first-order chi connectivity index (χ1) is 6.20. The maximum Gasteiger partial charge on any atom is 0.00946 e. The number of likely N-dealkylation sites (tertiary alicyclic amines) is 1. The summed E-state index contributed by atoms with van der Waals surface area (Å²) in [7, 11) is 2.27. The van der Waals surface area contributed by atoms with E-state index in [0.29, 0.717) is 0 Å². The molecule has 1 atom stereocenters. The van der Waals surface area contributed by atoms with Gasteiger partial charge in [-0.05, 0) is 38.8 Å². The van der Waals surface area contributed by atoms with E-state index in [4.69, 9.17) is 0 Å². The van der Waals surface area contributed by atoms with Crippen LogP contribution in [0, 0.1) is 5.92 Å². The molecular weight excluding hydrogens is 158 g/mol. The highest BCUT2D eigenvalue weighted by Gasteiger charge is 2.18. The van der Waals surface area contributed by atoms with Crippen molar-refractivity contribution in [1.29, 1.82) is 0 Å². The molecule has 1 saturated heterocycles. The Morgan fingerprint density at radius 3 is 2.31 bits per heavy atom. The maximum absolute atomic E-state index is 2.53. The minimum absolute atomic E-state index is 0.862. The van der Waals surface area contributed by atoms with Crippen LogP contribution in [0.15, 0.2) is 0 Å². The van der Waals surface area contributed by atoms with Gasteiger partial charge in [-0.3, -0.25) is 0 Å². The van der Waals surface area contributed by atoms with Crippen molar-refractivity contribution in [3.05, 3.63) is 0 Å². The Labute approximate surface area is 84.5 Å². The minimum Gasteiger partial charge on any atom is -0.303 e. The fourth-order valence-electron chi connectivity index (χ4n) is 1.99. The van der Waals surface area contributed by atoms with Gasteiger partial charge >= 0.3 is 0 Å². The third-order valence-corrected chi connectivity index (χ3v) is 2.66. The van der Waals surface area contributed by atoms with Crippen molar-refractivity contribution in [3.8, 4) is 0 Å². The second-order valence-corrected chi connectivity index (χ2v) is 4.26. The molecule has 0 radical (unpaired) electrons. The Bertz CT molecular complexity index is 110. The third kappa shape index (κ3) is 5.30. The summed E-state index contributed by atoms with van der Waals surface area (Å²) in [6.07, 6.45) is 5.66. The van der Waals surface area contributed by atoms with Crippen molar-refractivity contribution in [3.63, 3.8) is 0 Å². The minimum atomic E-state index is 0.862. The summed E-state index contributed by atoms with van der Waals surface area (Å²) < 4.78 is 0. The quantitative estimate of drug-likeness (QED) is 0.636. The predicted molar refractivity (Wildman–Crippen MR) is 61.1 cm³/mol. The van der Waals surface area contributed by atoms with E-state index in [9.17, 15) is 0 Å². The summed E-state index contributed by atoms with van der Waals surface area (Å²) in [6.45, 7) is 9.96. The van der Waals surface area contributed by atoms with Crippen molar-refractivity contribution < 1.29 is 0 Å². The van der Waals surface area contributed by atoms with Crippen LogP contribution in [0.3, 0.4) is 0 Å². The fourth-order valence-corrected chi connectivity index (χ4v) is 1.99. The summed E-state index contributed by atoms with van der Waals surface area (Å²) in [5.74, 6) is 0.862. The molecule has 1 unspecified atom stereocenters. The first-order valence-electron chi connectivity index (χ1n) is 5.90. The van der Waals surface area contributed by atoms with Crippen LogP contribution < -0.4 is 0 Å². The number of nitrogens with zero attached hydrogens (tertiary/aromatic N) is 1. The summed E-state index contributed by atoms with van der Waals surface area (Å²) in [4.78, 5) is 2.53. The van der Waals surface area contributed by atoms with E-state index < -0.39 is 0 Å². The van der Waals surface area contributed by atoms with E-state index in [2.05, 4.69) is 25.8 Å². The normalized spacial score (nSPS) is 24.0. The Morgan fingerprint density at radius 1 is 1.23 bits per heavy atom. The molecule has 0 aromatic heterocycles. The van der Waals surface area contributed by atoms with Gasteiger partial charge in [0.2, 0.25) is 0 Å². The Kier molecular flexibility index (Phi) is 7.35. The average molecular weight is 185 g/mol. The predicted octanol–water partition coefficient (Wildman–Crippen LogP) is 3.54. The number of piperidine rings is 1. The molecule has 13 heavy (non-hydrogen) atoms. The molecule has 1 nitrogen and oxygen atoms in total. The van der Waals surface area contributed by atoms with E-state index in [1.165, 1.54) is 32.2 Å². The second-order valence-electron chi connectivity index (χ2n) is 4.26. The Balaban J connectivity index is 0.000000671. The lowest BCUT2D eigenvalue weighted by Crippen LogP contribution is -2.36. The molecule has 80 valence electrons. The third-order valence-electron chi connectivity index (χ3n) is 2.66. The van der Waals surface area contributed by atoms with Crippen LogP contribution in [0.4, 0.5) is 0 Å². The van der Waals surface area contributed by atoms with Crippen molar-refractivity contribution in [1.82, 2.24) is 4.90 Å². The summed E-state index contributed by atoms with van der Waals surface area (Å²) in [6, 6.07) is 0.878. The van der Waals surface area contributed by atoms with Gasteiger partial charge in [-0.1, -0.05) is 34.1 Å². The SMILES string of the molecule is CC.CC(C)CC1CCCCN1C. The fraction of sp³-hybridized carbons (Fsp3) is 1.00. The van der Waals surface area contributed by atoms with Gasteiger partial charge in [0, 0.05) is 6.04 Å². The molecule has 1 heteroatoms. The molecule has 1 aliphatic heterocycles. The van der Waals surface area contributed by atoms with Crippen LogP contribution in [-0.4, -0.2) is 24.5 Å². The highest BCUT2D eigenvalue weighted by Crippen LogP contribution is 2.20. The zero-order valence-corrected chi connectivity index (χ0v) is 10.1. The van der Waals surface area contributed by atoms with E-state index in [-0.39, 0.29) is 0 Å². The molecule has 0 aromatic carbocycles. The van der Waals surface area contributed by atoms with Gasteiger partial charge in [0.25, 0.3) is 0 Å². The Hall–Kier alpha value is -0.0400. The number of rotatable bonds is 2. The molecule has 0 N–H and O–H groups in total. The molecule has 0 amide bonds.